The van der Waals surface area contributed by atoms with Gasteiger partial charge < -0.3 is 14.4 Å². The summed E-state index contributed by atoms with van der Waals surface area (Å²) >= 11 is 0. The monoisotopic (exact) mass is 326 g/mol. The van der Waals surface area contributed by atoms with E-state index in [0.717, 1.165) is 5.56 Å². The average Bonchev–Trinajstić information content (AvgIpc) is 3.22. The summed E-state index contributed by atoms with van der Waals surface area (Å²) in [5.74, 6) is 0.583. The zero-order chi connectivity index (χ0) is 17.1. The van der Waals surface area contributed by atoms with Crippen molar-refractivity contribution in [3.05, 3.63) is 48.6 Å². The molecule has 3 rings (SSSR count). The van der Waals surface area contributed by atoms with Crippen molar-refractivity contribution in [3.8, 4) is 11.4 Å². The van der Waals surface area contributed by atoms with Gasteiger partial charge in [0.05, 0.1) is 6.33 Å². The summed E-state index contributed by atoms with van der Waals surface area (Å²) in [5, 5.41) is 6.88. The van der Waals surface area contributed by atoms with Gasteiger partial charge in [0.1, 0.15) is 11.7 Å². The second-order valence-corrected chi connectivity index (χ2v) is 5.82. The summed E-state index contributed by atoms with van der Waals surface area (Å²) in [5.41, 5.74) is 1.10. The Bertz CT molecular complexity index is 824. The highest BCUT2D eigenvalue weighted by Gasteiger charge is 2.26. The first-order valence-corrected chi connectivity index (χ1v) is 7.57. The topological polar surface area (TPSA) is 98.7 Å². The Hall–Kier alpha value is -3.03. The molecule has 0 aromatic carbocycles. The predicted molar refractivity (Wildman–Crippen MR) is 85.8 cm³/mol. The third kappa shape index (κ3) is 3.32. The van der Waals surface area contributed by atoms with E-state index in [1.807, 2.05) is 27.0 Å². The number of aromatic nitrogens is 5. The normalized spacial score (nSPS) is 12.3. The second kappa shape index (κ2) is 6.61. The fraction of sp³-hybridized carbons (Fsp3) is 0.312. The third-order valence-electron chi connectivity index (χ3n) is 3.52. The summed E-state index contributed by atoms with van der Waals surface area (Å²) in [7, 11) is 1.81. The first-order chi connectivity index (χ1) is 11.5. The van der Waals surface area contributed by atoms with E-state index < -0.39 is 6.04 Å². The van der Waals surface area contributed by atoms with Crippen LogP contribution < -0.4 is 5.32 Å². The molecule has 8 nitrogen and oxygen atoms in total. The van der Waals surface area contributed by atoms with Gasteiger partial charge in [0, 0.05) is 31.2 Å². The number of nitrogens with one attached hydrogen (secondary N) is 1. The van der Waals surface area contributed by atoms with Crippen LogP contribution in [-0.4, -0.2) is 30.6 Å². The van der Waals surface area contributed by atoms with Gasteiger partial charge in [-0.1, -0.05) is 19.0 Å². The third-order valence-corrected chi connectivity index (χ3v) is 3.52. The maximum Gasteiger partial charge on any atom is 0.272 e. The van der Waals surface area contributed by atoms with Gasteiger partial charge in [0.2, 0.25) is 11.7 Å². The van der Waals surface area contributed by atoms with E-state index in [1.165, 1.54) is 0 Å². The lowest BCUT2D eigenvalue weighted by Crippen LogP contribution is -2.32. The number of rotatable bonds is 5. The number of hydrogen-bond donors (Lipinski definition) is 1. The number of imidazole rings is 1. The molecule has 1 amide bonds. The van der Waals surface area contributed by atoms with Crippen LogP contribution in [-0.2, 0) is 7.05 Å². The SMILES string of the molecule is CC(C)[C@H](NC(=O)c1cn(C)cn1)c1nc(-c2cccnc2)no1. The molecule has 0 aliphatic rings. The van der Waals surface area contributed by atoms with Crippen LogP contribution in [0.1, 0.15) is 36.3 Å². The molecule has 0 aliphatic heterocycles. The van der Waals surface area contributed by atoms with Crippen LogP contribution in [0.15, 0.2) is 41.6 Å². The highest BCUT2D eigenvalue weighted by molar-refractivity contribution is 5.92. The van der Waals surface area contributed by atoms with E-state index >= 15 is 0 Å². The molecule has 0 spiro atoms. The van der Waals surface area contributed by atoms with Crippen molar-refractivity contribution in [2.24, 2.45) is 13.0 Å². The van der Waals surface area contributed by atoms with E-state index in [4.69, 9.17) is 4.52 Å². The number of pyridine rings is 1. The second-order valence-electron chi connectivity index (χ2n) is 5.82. The lowest BCUT2D eigenvalue weighted by atomic mass is 10.0. The maximum absolute atomic E-state index is 12.3. The van der Waals surface area contributed by atoms with E-state index in [-0.39, 0.29) is 11.8 Å². The number of aryl methyl sites for hydroxylation is 1. The summed E-state index contributed by atoms with van der Waals surface area (Å²) in [6.45, 7) is 3.94. The molecule has 0 unspecified atom stereocenters. The van der Waals surface area contributed by atoms with E-state index in [0.29, 0.717) is 17.4 Å². The fourth-order valence-electron chi connectivity index (χ4n) is 2.23. The van der Waals surface area contributed by atoms with Gasteiger partial charge in [-0.15, -0.1) is 0 Å². The Morgan fingerprint density at radius 3 is 2.83 bits per heavy atom. The van der Waals surface area contributed by atoms with Crippen molar-refractivity contribution >= 4 is 5.91 Å². The molecule has 3 aromatic rings. The minimum Gasteiger partial charge on any atom is -0.340 e. The van der Waals surface area contributed by atoms with Crippen LogP contribution in [0.2, 0.25) is 0 Å². The van der Waals surface area contributed by atoms with Crippen LogP contribution in [0.4, 0.5) is 0 Å². The van der Waals surface area contributed by atoms with Crippen LogP contribution >= 0.6 is 0 Å². The smallest absolute Gasteiger partial charge is 0.272 e. The molecular formula is C16H18N6O2. The van der Waals surface area contributed by atoms with Gasteiger partial charge in [0.25, 0.3) is 5.91 Å². The molecule has 124 valence electrons. The Kier molecular flexibility index (Phi) is 4.37. The maximum atomic E-state index is 12.3. The van der Waals surface area contributed by atoms with Crippen molar-refractivity contribution in [2.45, 2.75) is 19.9 Å². The Labute approximate surface area is 138 Å². The molecule has 1 N–H and O–H groups in total. The predicted octanol–water partition coefficient (Wildman–Crippen LogP) is 1.99. The van der Waals surface area contributed by atoms with E-state index in [9.17, 15) is 4.79 Å². The van der Waals surface area contributed by atoms with E-state index in [1.54, 1.807) is 35.6 Å². The summed E-state index contributed by atoms with van der Waals surface area (Å²) < 4.78 is 7.07. The Morgan fingerprint density at radius 2 is 2.21 bits per heavy atom. The fourth-order valence-corrected chi connectivity index (χ4v) is 2.23. The van der Waals surface area contributed by atoms with Crippen LogP contribution in [0, 0.1) is 5.92 Å². The lowest BCUT2D eigenvalue weighted by Gasteiger charge is -2.17. The van der Waals surface area contributed by atoms with Crippen LogP contribution in [0.5, 0.6) is 0 Å². The first kappa shape index (κ1) is 15.9. The average molecular weight is 326 g/mol. The van der Waals surface area contributed by atoms with Gasteiger partial charge in [-0.05, 0) is 18.1 Å². The van der Waals surface area contributed by atoms with Crippen LogP contribution in [0.3, 0.4) is 0 Å². The molecule has 0 fully saturated rings. The minimum absolute atomic E-state index is 0.0693. The molecule has 3 aromatic heterocycles. The van der Waals surface area contributed by atoms with Crippen molar-refractivity contribution in [1.82, 2.24) is 30.0 Å². The number of hydrogen-bond acceptors (Lipinski definition) is 6. The molecule has 0 saturated carbocycles. The molecular weight excluding hydrogens is 308 g/mol. The number of carbonyl (C=O) groups excluding carboxylic acids is 1. The van der Waals surface area contributed by atoms with Gasteiger partial charge in [0.15, 0.2) is 0 Å². The molecule has 3 heterocycles. The lowest BCUT2D eigenvalue weighted by molar-refractivity contribution is 0.0909. The number of amides is 1. The molecule has 0 aliphatic carbocycles. The quantitative estimate of drug-likeness (QED) is 0.770. The molecule has 0 bridgehead atoms. The highest BCUT2D eigenvalue weighted by atomic mass is 16.5. The van der Waals surface area contributed by atoms with Crippen molar-refractivity contribution in [3.63, 3.8) is 0 Å². The van der Waals surface area contributed by atoms with Gasteiger partial charge in [-0.25, -0.2) is 4.98 Å². The largest absolute Gasteiger partial charge is 0.340 e. The van der Waals surface area contributed by atoms with Gasteiger partial charge in [-0.3, -0.25) is 9.78 Å². The molecule has 24 heavy (non-hydrogen) atoms. The minimum atomic E-state index is -0.405. The van der Waals surface area contributed by atoms with Gasteiger partial charge >= 0.3 is 0 Å². The summed E-state index contributed by atoms with van der Waals surface area (Å²) in [4.78, 5) is 24.8. The van der Waals surface area contributed by atoms with Crippen molar-refractivity contribution < 1.29 is 9.32 Å². The van der Waals surface area contributed by atoms with E-state index in [2.05, 4.69) is 25.4 Å². The molecule has 0 saturated heterocycles. The van der Waals surface area contributed by atoms with Crippen molar-refractivity contribution in [1.29, 1.82) is 0 Å². The molecule has 8 heteroatoms. The van der Waals surface area contributed by atoms with Crippen LogP contribution in [0.25, 0.3) is 11.4 Å². The molecule has 0 radical (unpaired) electrons. The summed E-state index contributed by atoms with van der Waals surface area (Å²) in [6.07, 6.45) is 6.56. The highest BCUT2D eigenvalue weighted by Crippen LogP contribution is 2.23. The van der Waals surface area contributed by atoms with Gasteiger partial charge in [-0.2, -0.15) is 4.98 Å². The molecule has 1 atom stereocenters. The Morgan fingerprint density at radius 1 is 1.38 bits per heavy atom. The standard InChI is InChI=1S/C16H18N6O2/c1-10(2)13(19-15(23)12-8-22(3)9-18-12)16-20-14(21-24-16)11-5-4-6-17-7-11/h4-10,13H,1-3H3,(H,19,23)/t13-/m0/s1. The number of carbonyl (C=O) groups is 1. The summed E-state index contributed by atoms with van der Waals surface area (Å²) in [6, 6.07) is 3.24. The van der Waals surface area contributed by atoms with Crippen molar-refractivity contribution in [2.75, 3.05) is 0 Å². The number of nitrogens with zero attached hydrogens (tertiary/aromatic N) is 5. The first-order valence-electron chi connectivity index (χ1n) is 7.57. The zero-order valence-electron chi connectivity index (χ0n) is 13.7. The zero-order valence-corrected chi connectivity index (χ0v) is 13.7. The Balaban J connectivity index is 1.81.